The summed E-state index contributed by atoms with van der Waals surface area (Å²) >= 11 is 1.72. The van der Waals surface area contributed by atoms with Crippen LogP contribution >= 0.6 is 11.3 Å². The highest BCUT2D eigenvalue weighted by Gasteiger charge is 2.35. The highest BCUT2D eigenvalue weighted by Crippen LogP contribution is 2.35. The number of nitrogens with zero attached hydrogens (tertiary/aromatic N) is 2. The predicted molar refractivity (Wildman–Crippen MR) is 124 cm³/mol. The number of nitrogens with one attached hydrogen (secondary N) is 1. The maximum Gasteiger partial charge on any atom is 0.317 e. The number of thiophene rings is 1. The fourth-order valence-corrected chi connectivity index (χ4v) is 5.06. The lowest BCUT2D eigenvalue weighted by molar-refractivity contribution is -0.135. The van der Waals surface area contributed by atoms with Gasteiger partial charge in [0.05, 0.1) is 13.2 Å². The molecule has 0 radical (unpaired) electrons. The maximum absolute atomic E-state index is 13.4. The first-order chi connectivity index (χ1) is 15.6. The Morgan fingerprint density at radius 2 is 2.00 bits per heavy atom. The first-order valence-corrected chi connectivity index (χ1v) is 12.1. The van der Waals surface area contributed by atoms with E-state index in [2.05, 4.69) is 16.8 Å². The molecule has 1 aromatic carbocycles. The van der Waals surface area contributed by atoms with Gasteiger partial charge in [0.15, 0.2) is 11.5 Å². The molecule has 8 heteroatoms. The van der Waals surface area contributed by atoms with Gasteiger partial charge in [0.2, 0.25) is 5.91 Å². The number of amides is 3. The second kappa shape index (κ2) is 10.3. The zero-order chi connectivity index (χ0) is 22.5. The van der Waals surface area contributed by atoms with Crippen LogP contribution in [0.5, 0.6) is 11.5 Å². The molecule has 1 saturated carbocycles. The van der Waals surface area contributed by atoms with E-state index in [0.29, 0.717) is 43.7 Å². The molecule has 172 valence electrons. The molecule has 0 saturated heterocycles. The van der Waals surface area contributed by atoms with E-state index in [-0.39, 0.29) is 24.5 Å². The van der Waals surface area contributed by atoms with E-state index < -0.39 is 0 Å². The summed E-state index contributed by atoms with van der Waals surface area (Å²) in [6.07, 6.45) is 3.08. The minimum atomic E-state index is -0.195. The van der Waals surface area contributed by atoms with Crippen LogP contribution in [0, 0.1) is 5.92 Å². The number of methoxy groups -OCH3 is 1. The number of para-hydroxylation sites is 2. The van der Waals surface area contributed by atoms with Crippen molar-refractivity contribution in [3.63, 3.8) is 0 Å². The fraction of sp³-hybridized carbons (Fsp3) is 0.500. The Balaban J connectivity index is 1.50. The van der Waals surface area contributed by atoms with E-state index >= 15 is 0 Å². The van der Waals surface area contributed by atoms with Gasteiger partial charge in [-0.2, -0.15) is 0 Å². The number of hydrogen-bond donors (Lipinski definition) is 1. The van der Waals surface area contributed by atoms with Crippen molar-refractivity contribution in [2.75, 3.05) is 39.9 Å². The molecular weight excluding hydrogens is 426 g/mol. The number of urea groups is 1. The Kier molecular flexibility index (Phi) is 7.19. The van der Waals surface area contributed by atoms with Gasteiger partial charge >= 0.3 is 6.03 Å². The van der Waals surface area contributed by atoms with Crippen LogP contribution in [-0.2, 0) is 11.2 Å². The van der Waals surface area contributed by atoms with Gasteiger partial charge in [-0.25, -0.2) is 4.79 Å². The Morgan fingerprint density at radius 3 is 2.72 bits per heavy atom. The molecule has 2 aromatic rings. The molecule has 1 aromatic heterocycles. The molecule has 0 unspecified atom stereocenters. The summed E-state index contributed by atoms with van der Waals surface area (Å²) < 4.78 is 11.5. The zero-order valence-corrected chi connectivity index (χ0v) is 19.5. The standard InChI is InChI=1S/C24H31N3O4S/c1-3-25-24(29)26(14-17-8-9-17)15-23(28)27-12-10-22-18(11-13-32-22)19(27)16-31-21-7-5-4-6-20(21)30-2/h4-7,11,13,17,19H,3,8-10,12,14-16H2,1-2H3,(H,25,29)/t19-/m0/s1. The number of benzene rings is 1. The predicted octanol–water partition coefficient (Wildman–Crippen LogP) is 3.70. The molecular formula is C24H31N3O4S. The fourth-order valence-electron chi connectivity index (χ4n) is 4.13. The largest absolute Gasteiger partial charge is 0.493 e. The van der Waals surface area contributed by atoms with Crippen molar-refractivity contribution < 1.29 is 19.1 Å². The van der Waals surface area contributed by atoms with Crippen LogP contribution in [0.3, 0.4) is 0 Å². The first kappa shape index (κ1) is 22.5. The third-order valence-corrected chi connectivity index (χ3v) is 6.99. The molecule has 1 fully saturated rings. The number of ether oxygens (including phenoxy) is 2. The molecule has 1 N–H and O–H groups in total. The third-order valence-electron chi connectivity index (χ3n) is 6.00. The SMILES string of the molecule is CCNC(=O)N(CC(=O)N1CCc2sccc2[C@@H]1COc1ccccc1OC)CC1CC1. The van der Waals surface area contributed by atoms with Crippen molar-refractivity contribution in [1.29, 1.82) is 0 Å². The van der Waals surface area contributed by atoms with E-state index in [1.165, 1.54) is 4.88 Å². The smallest absolute Gasteiger partial charge is 0.317 e. The van der Waals surface area contributed by atoms with Crippen LogP contribution in [0.15, 0.2) is 35.7 Å². The van der Waals surface area contributed by atoms with E-state index in [1.807, 2.05) is 36.1 Å². The highest BCUT2D eigenvalue weighted by molar-refractivity contribution is 7.10. The van der Waals surface area contributed by atoms with Gasteiger partial charge < -0.3 is 24.6 Å². The minimum Gasteiger partial charge on any atom is -0.493 e. The topological polar surface area (TPSA) is 71.1 Å². The lowest BCUT2D eigenvalue weighted by Crippen LogP contribution is -2.50. The van der Waals surface area contributed by atoms with Crippen molar-refractivity contribution >= 4 is 23.3 Å². The third kappa shape index (κ3) is 5.18. The van der Waals surface area contributed by atoms with Crippen LogP contribution in [-0.4, -0.2) is 61.6 Å². The molecule has 3 amide bonds. The van der Waals surface area contributed by atoms with E-state index in [9.17, 15) is 9.59 Å². The van der Waals surface area contributed by atoms with E-state index in [4.69, 9.17) is 9.47 Å². The van der Waals surface area contributed by atoms with Gasteiger partial charge in [-0.05, 0) is 61.2 Å². The Hall–Kier alpha value is -2.74. The molecule has 7 nitrogen and oxygen atoms in total. The maximum atomic E-state index is 13.4. The summed E-state index contributed by atoms with van der Waals surface area (Å²) in [7, 11) is 1.62. The van der Waals surface area contributed by atoms with E-state index in [1.54, 1.807) is 23.3 Å². The highest BCUT2D eigenvalue weighted by atomic mass is 32.1. The van der Waals surface area contributed by atoms with Crippen molar-refractivity contribution in [2.24, 2.45) is 5.92 Å². The summed E-state index contributed by atoms with van der Waals surface area (Å²) in [4.78, 5) is 30.8. The normalized spacial score (nSPS) is 17.4. The summed E-state index contributed by atoms with van der Waals surface area (Å²) in [5, 5.41) is 4.92. The average Bonchev–Trinajstić information content (AvgIpc) is 3.49. The van der Waals surface area contributed by atoms with Gasteiger partial charge in [-0.3, -0.25) is 4.79 Å². The Morgan fingerprint density at radius 1 is 1.22 bits per heavy atom. The lowest BCUT2D eigenvalue weighted by Gasteiger charge is -2.37. The second-order valence-electron chi connectivity index (χ2n) is 8.27. The molecule has 2 heterocycles. The van der Waals surface area contributed by atoms with Gasteiger partial charge in [0, 0.05) is 24.5 Å². The molecule has 32 heavy (non-hydrogen) atoms. The summed E-state index contributed by atoms with van der Waals surface area (Å²) in [6, 6.07) is 9.25. The van der Waals surface area contributed by atoms with Gasteiger partial charge in [-0.1, -0.05) is 12.1 Å². The lowest BCUT2D eigenvalue weighted by atomic mass is 10.0. The Labute approximate surface area is 193 Å². The second-order valence-corrected chi connectivity index (χ2v) is 9.27. The molecule has 1 atom stereocenters. The first-order valence-electron chi connectivity index (χ1n) is 11.2. The van der Waals surface area contributed by atoms with Crippen LogP contribution in [0.4, 0.5) is 4.79 Å². The van der Waals surface area contributed by atoms with Gasteiger partial charge in [-0.15, -0.1) is 11.3 Å². The molecule has 4 rings (SSSR count). The van der Waals surface area contributed by atoms with Crippen LogP contribution < -0.4 is 14.8 Å². The van der Waals surface area contributed by atoms with E-state index in [0.717, 1.165) is 24.8 Å². The molecule has 0 bridgehead atoms. The molecule has 0 spiro atoms. The number of carbonyl (C=O) groups is 2. The minimum absolute atomic E-state index is 0.0395. The van der Waals surface area contributed by atoms with Crippen LogP contribution in [0.2, 0.25) is 0 Å². The summed E-state index contributed by atoms with van der Waals surface area (Å²) in [5.41, 5.74) is 1.14. The van der Waals surface area contributed by atoms with Crippen molar-refractivity contribution in [3.05, 3.63) is 46.2 Å². The quantitative estimate of drug-likeness (QED) is 0.623. The Bertz CT molecular complexity index is 943. The number of carbonyl (C=O) groups excluding carboxylic acids is 2. The molecule has 1 aliphatic carbocycles. The van der Waals surface area contributed by atoms with Crippen LogP contribution in [0.1, 0.15) is 36.2 Å². The average molecular weight is 458 g/mol. The summed E-state index contributed by atoms with van der Waals surface area (Å²) in [5.74, 6) is 1.79. The molecule has 2 aliphatic rings. The summed E-state index contributed by atoms with van der Waals surface area (Å²) in [6.45, 7) is 4.12. The van der Waals surface area contributed by atoms with Gasteiger partial charge in [0.25, 0.3) is 0 Å². The number of hydrogen-bond acceptors (Lipinski definition) is 5. The number of rotatable bonds is 9. The molecule has 1 aliphatic heterocycles. The number of fused-ring (bicyclic) bond motifs is 1. The van der Waals surface area contributed by atoms with Crippen LogP contribution in [0.25, 0.3) is 0 Å². The zero-order valence-electron chi connectivity index (χ0n) is 18.7. The van der Waals surface area contributed by atoms with Gasteiger partial charge in [0.1, 0.15) is 13.2 Å². The van der Waals surface area contributed by atoms with Crippen molar-refractivity contribution in [2.45, 2.75) is 32.2 Å². The van der Waals surface area contributed by atoms with Crippen molar-refractivity contribution in [1.82, 2.24) is 15.1 Å². The van der Waals surface area contributed by atoms with Crippen molar-refractivity contribution in [3.8, 4) is 11.5 Å². The monoisotopic (exact) mass is 457 g/mol.